The zero-order valence-electron chi connectivity index (χ0n) is 13.9. The highest BCUT2D eigenvalue weighted by Gasteiger charge is 2.28. The maximum atomic E-state index is 12.7. The lowest BCUT2D eigenvalue weighted by atomic mass is 9.88. The number of carbonyl (C=O) groups excluding carboxylic acids is 2. The van der Waals surface area contributed by atoms with Gasteiger partial charge in [0.25, 0.3) is 11.5 Å². The number of aromatic amines is 1. The van der Waals surface area contributed by atoms with E-state index in [2.05, 4.69) is 10.2 Å². The Bertz CT molecular complexity index is 631. The van der Waals surface area contributed by atoms with Crippen molar-refractivity contribution >= 4 is 11.8 Å². The minimum absolute atomic E-state index is 0.168. The van der Waals surface area contributed by atoms with E-state index >= 15 is 0 Å². The summed E-state index contributed by atoms with van der Waals surface area (Å²) in [5.74, 6) is 0.228. The number of nitrogens with one attached hydrogen (secondary N) is 1. The molecule has 0 spiro atoms. The predicted octanol–water partition coefficient (Wildman–Crippen LogP) is 1.02. The van der Waals surface area contributed by atoms with Gasteiger partial charge in [0.15, 0.2) is 0 Å². The highest BCUT2D eigenvalue weighted by Crippen LogP contribution is 2.25. The number of aromatic nitrogens is 2. The van der Waals surface area contributed by atoms with Gasteiger partial charge in [-0.15, -0.1) is 0 Å². The lowest BCUT2D eigenvalue weighted by molar-refractivity contribution is -0.136. The van der Waals surface area contributed by atoms with E-state index in [9.17, 15) is 14.4 Å². The van der Waals surface area contributed by atoms with Crippen LogP contribution in [0.25, 0.3) is 0 Å². The van der Waals surface area contributed by atoms with Crippen LogP contribution >= 0.6 is 0 Å². The predicted molar refractivity (Wildman–Crippen MR) is 88.5 cm³/mol. The van der Waals surface area contributed by atoms with Gasteiger partial charge in [-0.1, -0.05) is 19.3 Å². The molecule has 130 valence electrons. The van der Waals surface area contributed by atoms with E-state index in [1.165, 1.54) is 18.6 Å². The molecule has 24 heavy (non-hydrogen) atoms. The lowest BCUT2D eigenvalue weighted by Crippen LogP contribution is -2.40. The Labute approximate surface area is 141 Å². The highest BCUT2D eigenvalue weighted by atomic mass is 16.2. The van der Waals surface area contributed by atoms with Gasteiger partial charge in [0.1, 0.15) is 5.69 Å². The molecule has 1 saturated carbocycles. The summed E-state index contributed by atoms with van der Waals surface area (Å²) in [5.41, 5.74) is -0.0895. The summed E-state index contributed by atoms with van der Waals surface area (Å²) in [5, 5.41) is 6.09. The molecule has 1 aromatic heterocycles. The standard InChI is InChI=1S/C17H24N4O3/c22-15-8-7-14(18-19-15)17(24)21-10-4-9-20(11-12-21)16(23)13-5-2-1-3-6-13/h7-8,13H,1-6,9-12H2,(H,19,22). The fourth-order valence-corrected chi connectivity index (χ4v) is 3.57. The van der Waals surface area contributed by atoms with Crippen LogP contribution in [0.3, 0.4) is 0 Å². The quantitative estimate of drug-likeness (QED) is 0.876. The molecular weight excluding hydrogens is 308 g/mol. The van der Waals surface area contributed by atoms with Crippen LogP contribution in [-0.2, 0) is 4.79 Å². The molecule has 2 heterocycles. The maximum Gasteiger partial charge on any atom is 0.274 e. The van der Waals surface area contributed by atoms with Crippen molar-refractivity contribution < 1.29 is 9.59 Å². The smallest absolute Gasteiger partial charge is 0.274 e. The van der Waals surface area contributed by atoms with Crippen molar-refractivity contribution in [2.45, 2.75) is 38.5 Å². The summed E-state index contributed by atoms with van der Waals surface area (Å²) in [6, 6.07) is 2.74. The van der Waals surface area contributed by atoms with Gasteiger partial charge in [0.2, 0.25) is 5.91 Å². The lowest BCUT2D eigenvalue weighted by Gasteiger charge is -2.28. The molecule has 1 aliphatic carbocycles. The summed E-state index contributed by atoms with van der Waals surface area (Å²) < 4.78 is 0. The third-order valence-electron chi connectivity index (χ3n) is 4.95. The van der Waals surface area contributed by atoms with Gasteiger partial charge in [0.05, 0.1) is 0 Å². The molecule has 0 unspecified atom stereocenters. The van der Waals surface area contributed by atoms with Crippen LogP contribution in [0.15, 0.2) is 16.9 Å². The minimum Gasteiger partial charge on any atom is -0.341 e. The topological polar surface area (TPSA) is 86.4 Å². The first-order valence-electron chi connectivity index (χ1n) is 8.79. The van der Waals surface area contributed by atoms with Crippen molar-refractivity contribution in [3.05, 3.63) is 28.2 Å². The van der Waals surface area contributed by atoms with Crippen molar-refractivity contribution in [1.82, 2.24) is 20.0 Å². The van der Waals surface area contributed by atoms with Crippen LogP contribution < -0.4 is 5.56 Å². The van der Waals surface area contributed by atoms with E-state index in [1.54, 1.807) is 4.90 Å². The van der Waals surface area contributed by atoms with E-state index in [4.69, 9.17) is 0 Å². The van der Waals surface area contributed by atoms with Crippen molar-refractivity contribution in [2.24, 2.45) is 5.92 Å². The molecular formula is C17H24N4O3. The molecule has 1 N–H and O–H groups in total. The van der Waals surface area contributed by atoms with Gasteiger partial charge in [-0.2, -0.15) is 5.10 Å². The Kier molecular flexibility index (Phi) is 5.27. The molecule has 7 heteroatoms. The molecule has 3 rings (SSSR count). The fourth-order valence-electron chi connectivity index (χ4n) is 3.57. The average molecular weight is 332 g/mol. The van der Waals surface area contributed by atoms with E-state index in [-0.39, 0.29) is 29.0 Å². The molecule has 0 radical (unpaired) electrons. The third-order valence-corrected chi connectivity index (χ3v) is 4.95. The largest absolute Gasteiger partial charge is 0.341 e. The van der Waals surface area contributed by atoms with Crippen LogP contribution in [-0.4, -0.2) is 58.0 Å². The summed E-state index contributed by atoms with van der Waals surface area (Å²) >= 11 is 0. The first-order chi connectivity index (χ1) is 11.6. The molecule has 7 nitrogen and oxygen atoms in total. The van der Waals surface area contributed by atoms with Gasteiger partial charge in [-0.3, -0.25) is 14.4 Å². The summed E-state index contributed by atoms with van der Waals surface area (Å²) in [4.78, 5) is 39.8. The van der Waals surface area contributed by atoms with E-state index in [0.29, 0.717) is 26.2 Å². The molecule has 1 saturated heterocycles. The van der Waals surface area contributed by atoms with Gasteiger partial charge in [-0.25, -0.2) is 5.10 Å². The second kappa shape index (κ2) is 7.59. The fraction of sp³-hybridized carbons (Fsp3) is 0.647. The molecule has 2 amide bonds. The molecule has 2 aliphatic rings. The zero-order valence-corrected chi connectivity index (χ0v) is 13.9. The number of H-pyrrole nitrogens is 1. The summed E-state index contributed by atoms with van der Waals surface area (Å²) in [6.07, 6.45) is 6.30. The van der Waals surface area contributed by atoms with Crippen molar-refractivity contribution in [3.8, 4) is 0 Å². The van der Waals surface area contributed by atoms with Crippen LogP contribution in [0.2, 0.25) is 0 Å². The van der Waals surface area contributed by atoms with E-state index < -0.39 is 0 Å². The minimum atomic E-state index is -0.327. The number of carbonyl (C=O) groups is 2. The van der Waals surface area contributed by atoms with Gasteiger partial charge in [-0.05, 0) is 25.3 Å². The normalized spacial score (nSPS) is 19.8. The Hall–Kier alpha value is -2.18. The van der Waals surface area contributed by atoms with Crippen LogP contribution in [0, 0.1) is 5.92 Å². The van der Waals surface area contributed by atoms with E-state index in [1.807, 2.05) is 4.90 Å². The molecule has 1 aliphatic heterocycles. The maximum absolute atomic E-state index is 12.7. The van der Waals surface area contributed by atoms with Gasteiger partial charge in [0, 0.05) is 38.2 Å². The Morgan fingerprint density at radius 1 is 0.958 bits per heavy atom. The van der Waals surface area contributed by atoms with Crippen molar-refractivity contribution in [3.63, 3.8) is 0 Å². The number of hydrogen-bond donors (Lipinski definition) is 1. The average Bonchev–Trinajstić information content (AvgIpc) is 2.88. The summed E-state index contributed by atoms with van der Waals surface area (Å²) in [7, 11) is 0. The number of nitrogens with zero attached hydrogens (tertiary/aromatic N) is 3. The van der Waals surface area contributed by atoms with Crippen molar-refractivity contribution in [2.75, 3.05) is 26.2 Å². The number of hydrogen-bond acceptors (Lipinski definition) is 4. The second-order valence-electron chi connectivity index (χ2n) is 6.61. The first kappa shape index (κ1) is 16.7. The van der Waals surface area contributed by atoms with Crippen LogP contribution in [0.4, 0.5) is 0 Å². The molecule has 0 bridgehead atoms. The molecule has 0 atom stereocenters. The van der Waals surface area contributed by atoms with Crippen molar-refractivity contribution in [1.29, 1.82) is 0 Å². The Morgan fingerprint density at radius 2 is 1.67 bits per heavy atom. The zero-order chi connectivity index (χ0) is 16.9. The molecule has 2 fully saturated rings. The van der Waals surface area contributed by atoms with E-state index in [0.717, 1.165) is 32.1 Å². The second-order valence-corrected chi connectivity index (χ2v) is 6.61. The third kappa shape index (κ3) is 3.83. The van der Waals surface area contributed by atoms with Gasteiger partial charge < -0.3 is 9.80 Å². The highest BCUT2D eigenvalue weighted by molar-refractivity contribution is 5.92. The SMILES string of the molecule is O=C(c1ccc(=O)[nH]n1)N1CCCN(C(=O)C2CCCCC2)CC1. The Morgan fingerprint density at radius 3 is 2.38 bits per heavy atom. The van der Waals surface area contributed by atoms with Crippen LogP contribution in [0.5, 0.6) is 0 Å². The van der Waals surface area contributed by atoms with Gasteiger partial charge >= 0.3 is 0 Å². The number of amides is 2. The monoisotopic (exact) mass is 332 g/mol. The molecule has 1 aromatic rings. The molecule has 0 aromatic carbocycles. The first-order valence-corrected chi connectivity index (χ1v) is 8.79. The number of rotatable bonds is 2. The Balaban J connectivity index is 1.60. The van der Waals surface area contributed by atoms with Crippen LogP contribution in [0.1, 0.15) is 49.0 Å². The summed E-state index contributed by atoms with van der Waals surface area (Å²) in [6.45, 7) is 2.40.